The first kappa shape index (κ1) is 29.5. The van der Waals surface area contributed by atoms with Gasteiger partial charge < -0.3 is 10.2 Å². The van der Waals surface area contributed by atoms with Crippen LogP contribution in [0.2, 0.25) is 5.02 Å². The number of nitrogens with one attached hydrogen (secondary N) is 1. The fourth-order valence-electron chi connectivity index (χ4n) is 4.32. The topological polar surface area (TPSA) is 49.4 Å². The average Bonchev–Trinajstić information content (AvgIpc) is 2.86. The van der Waals surface area contributed by atoms with Gasteiger partial charge in [-0.15, -0.1) is 0 Å². The molecule has 0 unspecified atom stereocenters. The summed E-state index contributed by atoms with van der Waals surface area (Å²) in [4.78, 5) is 26.7. The van der Waals surface area contributed by atoms with Gasteiger partial charge in [0.2, 0.25) is 5.91 Å². The van der Waals surface area contributed by atoms with Crippen molar-refractivity contribution in [2.45, 2.75) is 63.0 Å². The largest absolute Gasteiger partial charge is 0.416 e. The molecule has 0 aliphatic heterocycles. The Kier molecular flexibility index (Phi) is 9.51. The molecule has 1 saturated carbocycles. The van der Waals surface area contributed by atoms with Gasteiger partial charge in [-0.2, -0.15) is 26.3 Å². The Balaban J connectivity index is 1.90. The number of hydrogen-bond acceptors (Lipinski definition) is 2. The first-order chi connectivity index (χ1) is 17.7. The molecule has 1 aliphatic rings. The highest BCUT2D eigenvalue weighted by atomic mass is 35.5. The summed E-state index contributed by atoms with van der Waals surface area (Å²) in [6, 6.07) is 6.50. The number of amides is 2. The van der Waals surface area contributed by atoms with E-state index in [9.17, 15) is 35.9 Å². The van der Waals surface area contributed by atoms with Crippen molar-refractivity contribution in [3.63, 3.8) is 0 Å². The number of likely N-dealkylation sites (N-methyl/N-ethyl adjacent to an activating group) is 1. The number of benzene rings is 2. The standard InChI is InChI=1S/C27H27ClF6N2O2/c1-36(25(38)18-14-19(26(29,30)31)16-20(15-18)27(32,33)34)23(13-17-7-9-21(28)10-8-17)11-12-24(37)35-22-5-3-2-4-6-22/h7-12,14-16,22-23H,2-6,13H2,1H3,(H,35,37)/t23-/m0/s1. The van der Waals surface area contributed by atoms with Crippen molar-refractivity contribution in [2.75, 3.05) is 7.05 Å². The number of rotatable bonds is 7. The molecule has 0 heterocycles. The summed E-state index contributed by atoms with van der Waals surface area (Å²) in [5.74, 6) is -1.45. The number of carbonyl (C=O) groups excluding carboxylic acids is 2. The van der Waals surface area contributed by atoms with Crippen LogP contribution in [-0.2, 0) is 23.6 Å². The maximum Gasteiger partial charge on any atom is 0.416 e. The third-order valence-corrected chi connectivity index (χ3v) is 6.68. The van der Waals surface area contributed by atoms with Gasteiger partial charge in [0, 0.05) is 29.8 Å². The molecule has 206 valence electrons. The van der Waals surface area contributed by atoms with Crippen LogP contribution in [0.1, 0.15) is 59.2 Å². The van der Waals surface area contributed by atoms with Crippen LogP contribution in [0, 0.1) is 0 Å². The quantitative estimate of drug-likeness (QED) is 0.291. The van der Waals surface area contributed by atoms with Gasteiger partial charge >= 0.3 is 12.4 Å². The highest BCUT2D eigenvalue weighted by Crippen LogP contribution is 2.36. The number of halogens is 7. The summed E-state index contributed by atoms with van der Waals surface area (Å²) in [6.45, 7) is 0. The summed E-state index contributed by atoms with van der Waals surface area (Å²) >= 11 is 5.92. The molecule has 38 heavy (non-hydrogen) atoms. The molecule has 11 heteroatoms. The second-order valence-corrected chi connectivity index (χ2v) is 9.75. The predicted molar refractivity (Wildman–Crippen MR) is 132 cm³/mol. The molecule has 0 saturated heterocycles. The molecule has 2 aromatic rings. The Morgan fingerprint density at radius 1 is 0.974 bits per heavy atom. The number of nitrogens with zero attached hydrogens (tertiary/aromatic N) is 1. The van der Waals surface area contributed by atoms with Gasteiger partial charge in [0.05, 0.1) is 17.2 Å². The van der Waals surface area contributed by atoms with Crippen molar-refractivity contribution in [1.29, 1.82) is 0 Å². The van der Waals surface area contributed by atoms with Crippen LogP contribution in [0.4, 0.5) is 26.3 Å². The minimum atomic E-state index is -5.09. The molecule has 3 rings (SSSR count). The lowest BCUT2D eigenvalue weighted by atomic mass is 9.95. The van der Waals surface area contributed by atoms with E-state index in [4.69, 9.17) is 11.6 Å². The number of hydrogen-bond donors (Lipinski definition) is 1. The summed E-state index contributed by atoms with van der Waals surface area (Å²) in [5.41, 5.74) is -3.24. The molecule has 4 nitrogen and oxygen atoms in total. The Hall–Kier alpha value is -3.01. The summed E-state index contributed by atoms with van der Waals surface area (Å²) < 4.78 is 79.9. The van der Waals surface area contributed by atoms with Crippen LogP contribution >= 0.6 is 11.6 Å². The van der Waals surface area contributed by atoms with E-state index in [1.165, 1.54) is 19.2 Å². The predicted octanol–water partition coefficient (Wildman–Crippen LogP) is 7.07. The molecule has 0 aromatic heterocycles. The summed E-state index contributed by atoms with van der Waals surface area (Å²) in [6.07, 6.45) is -2.57. The molecule has 1 fully saturated rings. The fourth-order valence-corrected chi connectivity index (χ4v) is 4.45. The van der Waals surface area contributed by atoms with Crippen LogP contribution in [0.3, 0.4) is 0 Å². The lowest BCUT2D eigenvalue weighted by Gasteiger charge is -2.27. The third kappa shape index (κ3) is 8.24. The molecule has 2 aromatic carbocycles. The minimum absolute atomic E-state index is 0.0286. The maximum atomic E-state index is 13.3. The lowest BCUT2D eigenvalue weighted by Crippen LogP contribution is -2.38. The lowest BCUT2D eigenvalue weighted by molar-refractivity contribution is -0.143. The molecule has 0 radical (unpaired) electrons. The highest BCUT2D eigenvalue weighted by Gasteiger charge is 2.38. The Morgan fingerprint density at radius 3 is 2.05 bits per heavy atom. The van der Waals surface area contributed by atoms with E-state index >= 15 is 0 Å². The van der Waals surface area contributed by atoms with E-state index in [-0.39, 0.29) is 18.5 Å². The van der Waals surface area contributed by atoms with E-state index in [0.717, 1.165) is 37.0 Å². The van der Waals surface area contributed by atoms with Gasteiger partial charge in [-0.25, -0.2) is 0 Å². The Bertz CT molecular complexity index is 1120. The Morgan fingerprint density at radius 2 is 1.53 bits per heavy atom. The number of alkyl halides is 6. The van der Waals surface area contributed by atoms with E-state index in [1.54, 1.807) is 24.3 Å². The molecule has 2 amide bonds. The third-order valence-electron chi connectivity index (χ3n) is 6.43. The molecular weight excluding hydrogens is 534 g/mol. The minimum Gasteiger partial charge on any atom is -0.350 e. The zero-order chi connectivity index (χ0) is 28.1. The van der Waals surface area contributed by atoms with Crippen LogP contribution in [0.25, 0.3) is 0 Å². The van der Waals surface area contributed by atoms with Crippen molar-refractivity contribution >= 4 is 23.4 Å². The van der Waals surface area contributed by atoms with E-state index in [0.29, 0.717) is 22.7 Å². The zero-order valence-electron chi connectivity index (χ0n) is 20.5. The maximum absolute atomic E-state index is 13.3. The zero-order valence-corrected chi connectivity index (χ0v) is 21.3. The van der Waals surface area contributed by atoms with Crippen LogP contribution < -0.4 is 5.32 Å². The summed E-state index contributed by atoms with van der Waals surface area (Å²) in [7, 11) is 1.26. The molecule has 1 aliphatic carbocycles. The van der Waals surface area contributed by atoms with Crippen molar-refractivity contribution in [2.24, 2.45) is 0 Å². The number of carbonyl (C=O) groups is 2. The fraction of sp³-hybridized carbons (Fsp3) is 0.407. The van der Waals surface area contributed by atoms with Crippen LogP contribution in [-0.4, -0.2) is 35.8 Å². The first-order valence-electron chi connectivity index (χ1n) is 12.0. The van der Waals surface area contributed by atoms with E-state index < -0.39 is 46.9 Å². The van der Waals surface area contributed by atoms with E-state index in [1.807, 2.05) is 0 Å². The average molecular weight is 561 g/mol. The van der Waals surface area contributed by atoms with Crippen molar-refractivity contribution in [3.8, 4) is 0 Å². The molecule has 1 N–H and O–H groups in total. The summed E-state index contributed by atoms with van der Waals surface area (Å²) in [5, 5.41) is 3.36. The monoisotopic (exact) mass is 560 g/mol. The van der Waals surface area contributed by atoms with Crippen molar-refractivity contribution in [1.82, 2.24) is 10.2 Å². The second kappa shape index (κ2) is 12.2. The van der Waals surface area contributed by atoms with E-state index in [2.05, 4.69) is 5.32 Å². The van der Waals surface area contributed by atoms with Crippen molar-refractivity contribution < 1.29 is 35.9 Å². The second-order valence-electron chi connectivity index (χ2n) is 9.31. The van der Waals surface area contributed by atoms with Gasteiger partial charge in [-0.05, 0) is 55.2 Å². The van der Waals surface area contributed by atoms with Gasteiger partial charge in [-0.3, -0.25) is 9.59 Å². The smallest absolute Gasteiger partial charge is 0.350 e. The van der Waals surface area contributed by atoms with Crippen LogP contribution in [0.15, 0.2) is 54.6 Å². The van der Waals surface area contributed by atoms with Crippen LogP contribution in [0.5, 0.6) is 0 Å². The molecule has 1 atom stereocenters. The molecular formula is C27H27ClF6N2O2. The molecule has 0 spiro atoms. The van der Waals surface area contributed by atoms with Crippen molar-refractivity contribution in [3.05, 3.63) is 81.9 Å². The molecule has 0 bridgehead atoms. The van der Waals surface area contributed by atoms with Gasteiger partial charge in [-0.1, -0.05) is 49.1 Å². The van der Waals surface area contributed by atoms with Gasteiger partial charge in [0.15, 0.2) is 0 Å². The highest BCUT2D eigenvalue weighted by molar-refractivity contribution is 6.30. The normalized spacial score (nSPS) is 15.9. The SMILES string of the molecule is CN(C(=O)c1cc(C(F)(F)F)cc(C(F)(F)F)c1)[C@@H](C=CC(=O)NC1CCCCC1)Cc1ccc(Cl)cc1. The van der Waals surface area contributed by atoms with Gasteiger partial charge in [0.1, 0.15) is 0 Å². The Labute approximate surface area is 221 Å². The first-order valence-corrected chi connectivity index (χ1v) is 12.4. The van der Waals surface area contributed by atoms with Gasteiger partial charge in [0.25, 0.3) is 5.91 Å².